The van der Waals surface area contributed by atoms with Crippen molar-refractivity contribution in [1.82, 2.24) is 0 Å². The van der Waals surface area contributed by atoms with Crippen molar-refractivity contribution in [1.29, 1.82) is 0 Å². The maximum absolute atomic E-state index is 6.09. The predicted molar refractivity (Wildman–Crippen MR) is 126 cm³/mol. The van der Waals surface area contributed by atoms with Crippen molar-refractivity contribution >= 4 is 5.69 Å². The molecule has 158 valence electrons. The lowest BCUT2D eigenvalue weighted by molar-refractivity contribution is 0.311. The van der Waals surface area contributed by atoms with Crippen molar-refractivity contribution in [2.45, 2.75) is 39.5 Å². The molecule has 3 heteroatoms. The first-order chi connectivity index (χ1) is 14.6. The summed E-state index contributed by atoms with van der Waals surface area (Å²) in [6.07, 6.45) is 2.02. The van der Waals surface area contributed by atoms with Gasteiger partial charge < -0.3 is 14.8 Å². The highest BCUT2D eigenvalue weighted by Gasteiger charge is 2.08. The lowest BCUT2D eigenvalue weighted by Gasteiger charge is -2.16. The molecule has 0 heterocycles. The molecule has 0 unspecified atom stereocenters. The van der Waals surface area contributed by atoms with E-state index in [1.54, 1.807) is 0 Å². The van der Waals surface area contributed by atoms with Crippen molar-refractivity contribution in [3.63, 3.8) is 0 Å². The molecule has 0 saturated carbocycles. The second-order valence-electron chi connectivity index (χ2n) is 7.90. The van der Waals surface area contributed by atoms with E-state index in [9.17, 15) is 0 Å². The van der Waals surface area contributed by atoms with Crippen LogP contribution in [0.25, 0.3) is 0 Å². The van der Waals surface area contributed by atoms with E-state index in [-0.39, 0.29) is 0 Å². The number of aryl methyl sites for hydroxylation is 2. The maximum atomic E-state index is 6.09. The van der Waals surface area contributed by atoms with Crippen LogP contribution in [0.4, 0.5) is 5.69 Å². The van der Waals surface area contributed by atoms with Gasteiger partial charge in [0.1, 0.15) is 18.1 Å². The number of ether oxygens (including phenoxy) is 2. The largest absolute Gasteiger partial charge is 0.491 e. The molecule has 0 amide bonds. The van der Waals surface area contributed by atoms with Crippen molar-refractivity contribution in [2.75, 3.05) is 25.1 Å². The van der Waals surface area contributed by atoms with E-state index in [0.29, 0.717) is 19.1 Å². The Labute approximate surface area is 181 Å². The minimum Gasteiger partial charge on any atom is -0.491 e. The number of para-hydroxylation sites is 2. The average molecular weight is 404 g/mol. The highest BCUT2D eigenvalue weighted by molar-refractivity contribution is 5.56. The number of hydrogen-bond donors (Lipinski definition) is 1. The van der Waals surface area contributed by atoms with Gasteiger partial charge in [0.25, 0.3) is 0 Å². The Kier molecular flexibility index (Phi) is 8.20. The van der Waals surface area contributed by atoms with E-state index in [1.807, 2.05) is 24.3 Å². The molecule has 3 aromatic carbocycles. The SMILES string of the molecule is Cc1ccc(C(C)C)c(OCCNc2ccccc2OCCCc2ccccc2)c1. The standard InChI is InChI=1S/C27H33NO2/c1-21(2)24-16-15-22(3)20-27(24)30-19-17-28-25-13-7-8-14-26(25)29-18-9-12-23-10-5-4-6-11-23/h4-8,10-11,13-16,20-21,28H,9,12,17-19H2,1-3H3. The molecule has 1 N–H and O–H groups in total. The fourth-order valence-electron chi connectivity index (χ4n) is 3.43. The van der Waals surface area contributed by atoms with E-state index in [4.69, 9.17) is 9.47 Å². The third-order valence-electron chi connectivity index (χ3n) is 5.06. The van der Waals surface area contributed by atoms with Crippen LogP contribution < -0.4 is 14.8 Å². The van der Waals surface area contributed by atoms with Crippen molar-refractivity contribution in [2.24, 2.45) is 0 Å². The Morgan fingerprint density at radius 2 is 1.53 bits per heavy atom. The summed E-state index contributed by atoms with van der Waals surface area (Å²) in [6, 6.07) is 25.1. The molecule has 0 atom stereocenters. The first kappa shape index (κ1) is 21.8. The lowest BCUT2D eigenvalue weighted by Crippen LogP contribution is -2.13. The molecule has 0 aliphatic carbocycles. The summed E-state index contributed by atoms with van der Waals surface area (Å²) in [7, 11) is 0. The number of rotatable bonds is 11. The number of anilines is 1. The smallest absolute Gasteiger partial charge is 0.142 e. The van der Waals surface area contributed by atoms with Crippen molar-refractivity contribution < 1.29 is 9.47 Å². The molecule has 0 bridgehead atoms. The molecule has 3 aromatic rings. The summed E-state index contributed by atoms with van der Waals surface area (Å²) < 4.78 is 12.1. The zero-order valence-corrected chi connectivity index (χ0v) is 18.4. The summed E-state index contributed by atoms with van der Waals surface area (Å²) in [6.45, 7) is 8.51. The van der Waals surface area contributed by atoms with Crippen LogP contribution in [0.3, 0.4) is 0 Å². The van der Waals surface area contributed by atoms with Gasteiger partial charge in [0.15, 0.2) is 0 Å². The molecule has 0 aliphatic rings. The summed E-state index contributed by atoms with van der Waals surface area (Å²) in [5, 5.41) is 3.46. The molecule has 0 spiro atoms. The van der Waals surface area contributed by atoms with E-state index in [0.717, 1.165) is 36.6 Å². The van der Waals surface area contributed by atoms with Gasteiger partial charge in [-0.05, 0) is 60.6 Å². The summed E-state index contributed by atoms with van der Waals surface area (Å²) >= 11 is 0. The third kappa shape index (κ3) is 6.55. The van der Waals surface area contributed by atoms with Crippen LogP contribution >= 0.6 is 0 Å². The van der Waals surface area contributed by atoms with Gasteiger partial charge in [-0.3, -0.25) is 0 Å². The molecule has 3 nitrogen and oxygen atoms in total. The van der Waals surface area contributed by atoms with E-state index in [2.05, 4.69) is 74.6 Å². The monoisotopic (exact) mass is 403 g/mol. The topological polar surface area (TPSA) is 30.5 Å². The zero-order valence-electron chi connectivity index (χ0n) is 18.4. The van der Waals surface area contributed by atoms with Gasteiger partial charge in [0.2, 0.25) is 0 Å². The minimum absolute atomic E-state index is 0.443. The van der Waals surface area contributed by atoms with Crippen molar-refractivity contribution in [3.05, 3.63) is 89.5 Å². The molecule has 3 rings (SSSR count). The fourth-order valence-corrected chi connectivity index (χ4v) is 3.43. The van der Waals surface area contributed by atoms with Crippen LogP contribution in [-0.4, -0.2) is 19.8 Å². The van der Waals surface area contributed by atoms with Gasteiger partial charge in [-0.25, -0.2) is 0 Å². The van der Waals surface area contributed by atoms with Gasteiger partial charge in [0.05, 0.1) is 12.3 Å². The van der Waals surface area contributed by atoms with Gasteiger partial charge >= 0.3 is 0 Å². The normalized spacial score (nSPS) is 10.8. The highest BCUT2D eigenvalue weighted by atomic mass is 16.5. The lowest BCUT2D eigenvalue weighted by atomic mass is 10.0. The number of benzene rings is 3. The average Bonchev–Trinajstić information content (AvgIpc) is 2.75. The molecule has 30 heavy (non-hydrogen) atoms. The summed E-state index contributed by atoms with van der Waals surface area (Å²) in [4.78, 5) is 0. The van der Waals surface area contributed by atoms with E-state index in [1.165, 1.54) is 16.7 Å². The van der Waals surface area contributed by atoms with Gasteiger partial charge in [-0.1, -0.05) is 68.4 Å². The maximum Gasteiger partial charge on any atom is 0.142 e. The van der Waals surface area contributed by atoms with Gasteiger partial charge in [-0.2, -0.15) is 0 Å². The summed E-state index contributed by atoms with van der Waals surface area (Å²) in [5.74, 6) is 2.32. The predicted octanol–water partition coefficient (Wildman–Crippen LogP) is 6.62. The molecule has 0 fully saturated rings. The third-order valence-corrected chi connectivity index (χ3v) is 5.06. The Balaban J connectivity index is 1.46. The van der Waals surface area contributed by atoms with Crippen LogP contribution in [0, 0.1) is 6.92 Å². The van der Waals surface area contributed by atoms with Gasteiger partial charge in [-0.15, -0.1) is 0 Å². The molecular weight excluding hydrogens is 370 g/mol. The van der Waals surface area contributed by atoms with Crippen LogP contribution in [-0.2, 0) is 6.42 Å². The molecular formula is C27H33NO2. The first-order valence-corrected chi connectivity index (χ1v) is 10.9. The van der Waals surface area contributed by atoms with Crippen LogP contribution in [0.1, 0.15) is 42.9 Å². The van der Waals surface area contributed by atoms with Crippen LogP contribution in [0.2, 0.25) is 0 Å². The zero-order chi connectivity index (χ0) is 21.2. The van der Waals surface area contributed by atoms with E-state index < -0.39 is 0 Å². The van der Waals surface area contributed by atoms with Crippen LogP contribution in [0.15, 0.2) is 72.8 Å². The Hall–Kier alpha value is -2.94. The Bertz CT molecular complexity index is 906. The first-order valence-electron chi connectivity index (χ1n) is 10.9. The quantitative estimate of drug-likeness (QED) is 0.365. The van der Waals surface area contributed by atoms with E-state index >= 15 is 0 Å². The molecule has 0 radical (unpaired) electrons. The summed E-state index contributed by atoms with van der Waals surface area (Å²) in [5.41, 5.74) is 4.83. The second kappa shape index (κ2) is 11.3. The number of hydrogen-bond acceptors (Lipinski definition) is 3. The van der Waals surface area contributed by atoms with Crippen LogP contribution in [0.5, 0.6) is 11.5 Å². The Morgan fingerprint density at radius 3 is 2.33 bits per heavy atom. The van der Waals surface area contributed by atoms with Gasteiger partial charge in [0, 0.05) is 6.54 Å². The molecule has 0 aromatic heterocycles. The Morgan fingerprint density at radius 1 is 0.800 bits per heavy atom. The minimum atomic E-state index is 0.443. The highest BCUT2D eigenvalue weighted by Crippen LogP contribution is 2.28. The molecule has 0 saturated heterocycles. The second-order valence-corrected chi connectivity index (χ2v) is 7.90. The van der Waals surface area contributed by atoms with Crippen molar-refractivity contribution in [3.8, 4) is 11.5 Å². The fraction of sp³-hybridized carbons (Fsp3) is 0.333. The number of nitrogens with one attached hydrogen (secondary N) is 1. The molecule has 0 aliphatic heterocycles.